The third-order valence-corrected chi connectivity index (χ3v) is 8.14. The lowest BCUT2D eigenvalue weighted by Gasteiger charge is -2.27. The summed E-state index contributed by atoms with van der Waals surface area (Å²) in [6.45, 7) is 10.2. The molecule has 0 unspecified atom stereocenters. The molecule has 246 valence electrons. The zero-order valence-electron chi connectivity index (χ0n) is 27.0. The second-order valence-electron chi connectivity index (χ2n) is 11.7. The van der Waals surface area contributed by atoms with Crippen molar-refractivity contribution in [2.45, 2.75) is 51.7 Å². The van der Waals surface area contributed by atoms with Gasteiger partial charge in [0.25, 0.3) is 0 Å². The van der Waals surface area contributed by atoms with Gasteiger partial charge in [0, 0.05) is 25.3 Å². The van der Waals surface area contributed by atoms with Crippen molar-refractivity contribution < 1.29 is 33.4 Å². The minimum atomic E-state index is -0.741. The topological polar surface area (TPSA) is 99.2 Å². The van der Waals surface area contributed by atoms with E-state index < -0.39 is 23.8 Å². The molecule has 0 aliphatic carbocycles. The molecule has 1 saturated heterocycles. The van der Waals surface area contributed by atoms with E-state index >= 15 is 0 Å². The first kappa shape index (κ1) is 34.9. The van der Waals surface area contributed by atoms with Gasteiger partial charge in [-0.1, -0.05) is 86.8 Å². The predicted molar refractivity (Wildman–Crippen MR) is 180 cm³/mol. The van der Waals surface area contributed by atoms with E-state index in [9.17, 15) is 19.2 Å². The molecule has 0 radical (unpaired) electrons. The molecule has 0 saturated carbocycles. The number of nitrogens with zero attached hydrogens (tertiary/aromatic N) is 1. The van der Waals surface area contributed by atoms with Gasteiger partial charge in [0.2, 0.25) is 5.91 Å². The first-order valence-corrected chi connectivity index (χ1v) is 16.0. The highest BCUT2D eigenvalue weighted by molar-refractivity contribution is 6.01. The minimum absolute atomic E-state index is 0.0222. The molecular formula is C39H43NO7. The standard InChI is InChI=1S/C39H43NO7/c1-4-22-45-32-19-17-29(18-20-32)25-31(39(44)47-27-30-12-7-6-8-13-30)26-36(42)34-15-11-21-40(34)38(43)28(3)24-35(41)33-14-9-10-16-37(33)46-23-5-2/h4-10,12-14,16-20,28,31,34H,1-2,11,15,21-27H2,3H3/t28-,31-,34+/m1/s1. The molecule has 1 aliphatic rings. The van der Waals surface area contributed by atoms with Crippen molar-refractivity contribution in [2.75, 3.05) is 19.8 Å². The van der Waals surface area contributed by atoms with Crippen molar-refractivity contribution in [3.8, 4) is 11.5 Å². The third-order valence-electron chi connectivity index (χ3n) is 8.14. The monoisotopic (exact) mass is 637 g/mol. The molecule has 3 aromatic rings. The highest BCUT2D eigenvalue weighted by Gasteiger charge is 2.38. The van der Waals surface area contributed by atoms with Crippen LogP contribution in [0.1, 0.15) is 54.1 Å². The summed E-state index contributed by atoms with van der Waals surface area (Å²) in [5, 5.41) is 0. The number of amides is 1. The lowest BCUT2D eigenvalue weighted by molar-refractivity contribution is -0.152. The van der Waals surface area contributed by atoms with Gasteiger partial charge in [0.15, 0.2) is 11.6 Å². The molecule has 0 N–H and O–H groups in total. The van der Waals surface area contributed by atoms with Gasteiger partial charge >= 0.3 is 5.97 Å². The van der Waals surface area contributed by atoms with Crippen LogP contribution in [-0.4, -0.2) is 54.1 Å². The van der Waals surface area contributed by atoms with Crippen LogP contribution in [0.15, 0.2) is 104 Å². The summed E-state index contributed by atoms with van der Waals surface area (Å²) in [7, 11) is 0. The van der Waals surface area contributed by atoms with Crippen molar-refractivity contribution in [3.63, 3.8) is 0 Å². The van der Waals surface area contributed by atoms with E-state index in [1.165, 1.54) is 0 Å². The number of benzene rings is 3. The van der Waals surface area contributed by atoms with E-state index in [2.05, 4.69) is 13.2 Å². The second-order valence-corrected chi connectivity index (χ2v) is 11.7. The molecule has 1 fully saturated rings. The van der Waals surface area contributed by atoms with Crippen LogP contribution >= 0.6 is 0 Å². The highest BCUT2D eigenvalue weighted by atomic mass is 16.5. The van der Waals surface area contributed by atoms with Crippen LogP contribution in [0.5, 0.6) is 11.5 Å². The molecule has 1 aliphatic heterocycles. The van der Waals surface area contributed by atoms with Gasteiger partial charge in [-0.25, -0.2) is 0 Å². The summed E-state index contributed by atoms with van der Waals surface area (Å²) in [5.41, 5.74) is 2.11. The summed E-state index contributed by atoms with van der Waals surface area (Å²) < 4.78 is 16.9. The van der Waals surface area contributed by atoms with Gasteiger partial charge in [-0.2, -0.15) is 0 Å². The number of para-hydroxylation sites is 1. The molecule has 0 spiro atoms. The molecule has 47 heavy (non-hydrogen) atoms. The number of Topliss-reactive ketones (excluding diaryl/α,β-unsaturated/α-hetero) is 2. The number of carbonyl (C=O) groups excluding carboxylic acids is 4. The molecule has 3 aromatic carbocycles. The van der Waals surface area contributed by atoms with Crippen LogP contribution in [0.25, 0.3) is 0 Å². The predicted octanol–water partition coefficient (Wildman–Crippen LogP) is 6.58. The van der Waals surface area contributed by atoms with Crippen LogP contribution in [0, 0.1) is 11.8 Å². The van der Waals surface area contributed by atoms with Crippen molar-refractivity contribution in [2.24, 2.45) is 11.8 Å². The Bertz CT molecular complexity index is 1530. The van der Waals surface area contributed by atoms with E-state index in [-0.39, 0.29) is 43.5 Å². The van der Waals surface area contributed by atoms with Crippen LogP contribution < -0.4 is 9.47 Å². The van der Waals surface area contributed by atoms with Gasteiger partial charge in [0.1, 0.15) is 31.3 Å². The lowest BCUT2D eigenvalue weighted by Crippen LogP contribution is -2.44. The maximum Gasteiger partial charge on any atom is 0.310 e. The number of rotatable bonds is 18. The van der Waals surface area contributed by atoms with E-state index in [1.807, 2.05) is 54.6 Å². The molecule has 4 rings (SSSR count). The zero-order chi connectivity index (χ0) is 33.6. The average Bonchev–Trinajstić information content (AvgIpc) is 3.59. The van der Waals surface area contributed by atoms with E-state index in [0.29, 0.717) is 49.5 Å². The lowest BCUT2D eigenvalue weighted by atomic mass is 9.91. The largest absolute Gasteiger partial charge is 0.490 e. The number of esters is 1. The SMILES string of the molecule is C=CCOc1ccc(C[C@H](CC(=O)[C@@H]2CCCN2C(=O)[C@H](C)CC(=O)c2ccccc2OCC=C)C(=O)OCc2ccccc2)cc1. The second kappa shape index (κ2) is 17.6. The smallest absolute Gasteiger partial charge is 0.310 e. The molecule has 0 aromatic heterocycles. The summed E-state index contributed by atoms with van der Waals surface area (Å²) >= 11 is 0. The van der Waals surface area contributed by atoms with Gasteiger partial charge in [-0.05, 0) is 54.7 Å². The van der Waals surface area contributed by atoms with Gasteiger partial charge in [-0.15, -0.1) is 0 Å². The summed E-state index contributed by atoms with van der Waals surface area (Å²) in [6, 6.07) is 23.0. The van der Waals surface area contributed by atoms with E-state index in [4.69, 9.17) is 14.2 Å². The number of ether oxygens (including phenoxy) is 3. The normalized spacial score (nSPS) is 15.3. The summed E-state index contributed by atoms with van der Waals surface area (Å²) in [5.74, 6) is -1.39. The van der Waals surface area contributed by atoms with Crippen LogP contribution in [0.4, 0.5) is 0 Å². The molecular weight excluding hydrogens is 594 g/mol. The quantitative estimate of drug-likeness (QED) is 0.0883. The first-order chi connectivity index (χ1) is 22.8. The fraction of sp³-hybridized carbons (Fsp3) is 0.333. The Kier molecular flexibility index (Phi) is 13.1. The van der Waals surface area contributed by atoms with Gasteiger partial charge < -0.3 is 19.1 Å². The van der Waals surface area contributed by atoms with Gasteiger partial charge in [0.05, 0.1) is 17.5 Å². The maximum absolute atomic E-state index is 13.8. The average molecular weight is 638 g/mol. The Labute approximate surface area is 277 Å². The maximum atomic E-state index is 13.8. The number of likely N-dealkylation sites (tertiary alicyclic amines) is 1. The van der Waals surface area contributed by atoms with Crippen molar-refractivity contribution in [3.05, 3.63) is 121 Å². The van der Waals surface area contributed by atoms with Crippen molar-refractivity contribution in [1.82, 2.24) is 4.90 Å². The number of carbonyl (C=O) groups is 4. The minimum Gasteiger partial charge on any atom is -0.490 e. The van der Waals surface area contributed by atoms with E-state index in [0.717, 1.165) is 11.1 Å². The zero-order valence-corrected chi connectivity index (χ0v) is 27.0. The molecule has 8 nitrogen and oxygen atoms in total. The molecule has 0 bridgehead atoms. The molecule has 3 atom stereocenters. The Hall–Kier alpha value is -4.98. The molecule has 1 heterocycles. The highest BCUT2D eigenvalue weighted by Crippen LogP contribution is 2.28. The number of hydrogen-bond acceptors (Lipinski definition) is 7. The van der Waals surface area contributed by atoms with Crippen LogP contribution in [0.3, 0.4) is 0 Å². The third kappa shape index (κ3) is 10.0. The Balaban J connectivity index is 1.44. The Morgan fingerprint density at radius 2 is 1.53 bits per heavy atom. The van der Waals surface area contributed by atoms with Crippen molar-refractivity contribution in [1.29, 1.82) is 0 Å². The van der Waals surface area contributed by atoms with E-state index in [1.54, 1.807) is 48.2 Å². The summed E-state index contributed by atoms with van der Waals surface area (Å²) in [4.78, 5) is 55.6. The fourth-order valence-corrected chi connectivity index (χ4v) is 5.72. The Morgan fingerprint density at radius 3 is 2.26 bits per heavy atom. The van der Waals surface area contributed by atoms with Gasteiger partial charge in [-0.3, -0.25) is 19.2 Å². The molecule has 8 heteroatoms. The number of ketones is 2. The van der Waals surface area contributed by atoms with Crippen molar-refractivity contribution >= 4 is 23.4 Å². The van der Waals surface area contributed by atoms with Crippen LogP contribution in [-0.2, 0) is 32.1 Å². The Morgan fingerprint density at radius 1 is 0.851 bits per heavy atom. The first-order valence-electron chi connectivity index (χ1n) is 16.0. The fourth-order valence-electron chi connectivity index (χ4n) is 5.72. The number of hydrogen-bond donors (Lipinski definition) is 0. The molecule has 1 amide bonds. The van der Waals surface area contributed by atoms with Crippen LogP contribution in [0.2, 0.25) is 0 Å². The summed E-state index contributed by atoms with van der Waals surface area (Å²) in [6.07, 6.45) is 4.63.